The van der Waals surface area contributed by atoms with E-state index in [2.05, 4.69) is 26.8 Å². The molecule has 32 heavy (non-hydrogen) atoms. The van der Waals surface area contributed by atoms with Crippen molar-refractivity contribution in [2.24, 2.45) is 0 Å². The van der Waals surface area contributed by atoms with E-state index in [9.17, 15) is 5.11 Å². The van der Waals surface area contributed by atoms with Crippen molar-refractivity contribution < 1.29 is 14.6 Å². The number of benzene rings is 1. The van der Waals surface area contributed by atoms with Crippen molar-refractivity contribution in [3.05, 3.63) is 23.8 Å². The van der Waals surface area contributed by atoms with Crippen molar-refractivity contribution in [2.45, 2.75) is 70.1 Å². The van der Waals surface area contributed by atoms with Crippen molar-refractivity contribution in [3.63, 3.8) is 0 Å². The zero-order valence-corrected chi connectivity index (χ0v) is 20.0. The first kappa shape index (κ1) is 23.8. The van der Waals surface area contributed by atoms with E-state index in [1.54, 1.807) is 7.11 Å². The number of hydrogen-bond acceptors (Lipinski definition) is 6. The summed E-state index contributed by atoms with van der Waals surface area (Å²) in [5.41, 5.74) is 1.25. The minimum absolute atomic E-state index is 0.302. The summed E-state index contributed by atoms with van der Waals surface area (Å²) in [6.07, 6.45) is 10.3. The van der Waals surface area contributed by atoms with Crippen LogP contribution in [0.5, 0.6) is 11.5 Å². The van der Waals surface area contributed by atoms with Crippen molar-refractivity contribution >= 4 is 0 Å². The average Bonchev–Trinajstić information content (AvgIpc) is 2.84. The predicted octanol–water partition coefficient (Wildman–Crippen LogP) is 3.37. The van der Waals surface area contributed by atoms with Gasteiger partial charge in [0.15, 0.2) is 11.5 Å². The number of β-amino-alcohol motifs (C(OH)–C–C–N with tert-alkyl or cyclic N) is 1. The third kappa shape index (κ3) is 6.83. The highest BCUT2D eigenvalue weighted by atomic mass is 16.5. The van der Waals surface area contributed by atoms with Gasteiger partial charge >= 0.3 is 0 Å². The molecule has 1 unspecified atom stereocenters. The van der Waals surface area contributed by atoms with Crippen LogP contribution in [0.15, 0.2) is 18.2 Å². The molecule has 6 heteroatoms. The molecule has 6 nitrogen and oxygen atoms in total. The molecular weight excluding hydrogens is 402 g/mol. The molecule has 180 valence electrons. The summed E-state index contributed by atoms with van der Waals surface area (Å²) in [5, 5.41) is 10.5. The van der Waals surface area contributed by atoms with Gasteiger partial charge in [0.05, 0.1) is 7.11 Å². The molecule has 4 rings (SSSR count). The van der Waals surface area contributed by atoms with Crippen LogP contribution in [0.4, 0.5) is 0 Å². The van der Waals surface area contributed by atoms with Gasteiger partial charge in [-0.3, -0.25) is 9.80 Å². The lowest BCUT2D eigenvalue weighted by Gasteiger charge is -2.40. The second-order valence-electron chi connectivity index (χ2n) is 9.92. The van der Waals surface area contributed by atoms with Gasteiger partial charge in [-0.2, -0.15) is 0 Å². The molecule has 2 aliphatic heterocycles. The molecule has 0 amide bonds. The van der Waals surface area contributed by atoms with E-state index < -0.39 is 6.10 Å². The molecule has 1 aromatic rings. The molecule has 0 bridgehead atoms. The Labute approximate surface area is 194 Å². The van der Waals surface area contributed by atoms with E-state index >= 15 is 0 Å². The van der Waals surface area contributed by atoms with Crippen molar-refractivity contribution in [1.29, 1.82) is 0 Å². The largest absolute Gasteiger partial charge is 0.493 e. The third-order valence-electron chi connectivity index (χ3n) is 7.48. The summed E-state index contributed by atoms with van der Waals surface area (Å²) >= 11 is 0. The quantitative estimate of drug-likeness (QED) is 0.629. The van der Waals surface area contributed by atoms with E-state index in [-0.39, 0.29) is 0 Å². The smallest absolute Gasteiger partial charge is 0.161 e. The first-order valence-corrected chi connectivity index (χ1v) is 12.9. The molecule has 0 radical (unpaired) electrons. The molecule has 1 atom stereocenters. The number of piperidine rings is 1. The van der Waals surface area contributed by atoms with E-state index in [1.165, 1.54) is 70.0 Å². The Balaban J connectivity index is 1.26. The maximum Gasteiger partial charge on any atom is 0.161 e. The molecule has 3 aliphatic rings. The highest BCUT2D eigenvalue weighted by Crippen LogP contribution is 2.29. The summed E-state index contributed by atoms with van der Waals surface area (Å²) in [6, 6.07) is 7.06. The van der Waals surface area contributed by atoms with Crippen LogP contribution < -0.4 is 9.47 Å². The Morgan fingerprint density at radius 3 is 2.31 bits per heavy atom. The number of ether oxygens (including phenoxy) is 2. The number of hydrogen-bond donors (Lipinski definition) is 1. The van der Waals surface area contributed by atoms with E-state index in [0.29, 0.717) is 13.2 Å². The van der Waals surface area contributed by atoms with Crippen LogP contribution in [0, 0.1) is 0 Å². The van der Waals surface area contributed by atoms with Gasteiger partial charge in [-0.05, 0) is 56.5 Å². The van der Waals surface area contributed by atoms with Gasteiger partial charge in [0.2, 0.25) is 0 Å². The Bertz CT molecular complexity index is 681. The molecule has 1 aliphatic carbocycles. The van der Waals surface area contributed by atoms with Crippen LogP contribution in [0.2, 0.25) is 0 Å². The highest BCUT2D eigenvalue weighted by Gasteiger charge is 2.25. The summed E-state index contributed by atoms with van der Waals surface area (Å²) in [6.45, 7) is 8.74. The molecular formula is C26H43N3O3. The normalized spacial score (nSPS) is 23.2. The zero-order chi connectivity index (χ0) is 22.2. The highest BCUT2D eigenvalue weighted by molar-refractivity contribution is 5.43. The van der Waals surface area contributed by atoms with Gasteiger partial charge in [-0.15, -0.1) is 0 Å². The summed E-state index contributed by atoms with van der Waals surface area (Å²) in [5.74, 6) is 1.48. The fourth-order valence-electron chi connectivity index (χ4n) is 5.60. The molecule has 2 saturated heterocycles. The van der Waals surface area contributed by atoms with E-state index in [4.69, 9.17) is 9.47 Å². The number of likely N-dealkylation sites (tertiary alicyclic amines) is 1. The van der Waals surface area contributed by atoms with Crippen molar-refractivity contribution in [3.8, 4) is 11.5 Å². The van der Waals surface area contributed by atoms with Gasteiger partial charge in [-0.25, -0.2) is 0 Å². The number of aliphatic hydroxyl groups excluding tert-OH is 1. The second kappa shape index (κ2) is 12.2. The Morgan fingerprint density at radius 2 is 1.59 bits per heavy atom. The number of nitrogens with zero attached hydrogens (tertiary/aromatic N) is 3. The van der Waals surface area contributed by atoms with Gasteiger partial charge in [0, 0.05) is 45.3 Å². The third-order valence-corrected chi connectivity index (χ3v) is 7.48. The van der Waals surface area contributed by atoms with E-state index in [1.807, 2.05) is 6.07 Å². The fourth-order valence-corrected chi connectivity index (χ4v) is 5.60. The van der Waals surface area contributed by atoms with Gasteiger partial charge in [0.1, 0.15) is 12.7 Å². The van der Waals surface area contributed by atoms with Gasteiger partial charge in [-0.1, -0.05) is 31.7 Å². The standard InChI is InChI=1S/C26H43N3O3/c1-31-25-11-10-22(18-26(25)32-21-24(30)20-27-12-6-3-7-13-27)19-28-14-16-29(17-15-28)23-8-4-2-5-9-23/h10-11,18,23-24,30H,2-9,12-17,19-21H2,1H3. The molecule has 3 fully saturated rings. The Hall–Kier alpha value is -1.34. The molecule has 2 heterocycles. The number of piperazine rings is 1. The lowest BCUT2D eigenvalue weighted by Crippen LogP contribution is -2.50. The lowest BCUT2D eigenvalue weighted by atomic mass is 9.94. The van der Waals surface area contributed by atoms with Crippen LogP contribution in [0.25, 0.3) is 0 Å². The van der Waals surface area contributed by atoms with Crippen molar-refractivity contribution in [2.75, 3.05) is 59.5 Å². The minimum atomic E-state index is -0.477. The van der Waals surface area contributed by atoms with E-state index in [0.717, 1.165) is 50.3 Å². The second-order valence-corrected chi connectivity index (χ2v) is 9.92. The fraction of sp³-hybridized carbons (Fsp3) is 0.769. The van der Waals surface area contributed by atoms with Crippen LogP contribution >= 0.6 is 0 Å². The first-order valence-electron chi connectivity index (χ1n) is 12.9. The molecule has 1 N–H and O–H groups in total. The Morgan fingerprint density at radius 1 is 0.875 bits per heavy atom. The van der Waals surface area contributed by atoms with Crippen LogP contribution in [-0.2, 0) is 6.54 Å². The molecule has 0 aromatic heterocycles. The zero-order valence-electron chi connectivity index (χ0n) is 20.0. The Kier molecular flexibility index (Phi) is 9.09. The summed E-state index contributed by atoms with van der Waals surface area (Å²) in [4.78, 5) is 7.62. The molecule has 1 aromatic carbocycles. The monoisotopic (exact) mass is 445 g/mol. The number of methoxy groups -OCH3 is 1. The topological polar surface area (TPSA) is 48.4 Å². The molecule has 0 spiro atoms. The molecule has 1 saturated carbocycles. The summed E-state index contributed by atoms with van der Waals surface area (Å²) < 4.78 is 11.5. The average molecular weight is 446 g/mol. The minimum Gasteiger partial charge on any atom is -0.493 e. The van der Waals surface area contributed by atoms with Crippen LogP contribution in [0.3, 0.4) is 0 Å². The first-order chi connectivity index (χ1) is 15.7. The SMILES string of the molecule is COc1ccc(CN2CCN(C3CCCCC3)CC2)cc1OCC(O)CN1CCCCC1. The van der Waals surface area contributed by atoms with Crippen LogP contribution in [0.1, 0.15) is 56.9 Å². The maximum absolute atomic E-state index is 10.5. The van der Waals surface area contributed by atoms with Crippen LogP contribution in [-0.4, -0.2) is 91.5 Å². The number of rotatable bonds is 9. The van der Waals surface area contributed by atoms with Gasteiger partial charge in [0.25, 0.3) is 0 Å². The van der Waals surface area contributed by atoms with Gasteiger partial charge < -0.3 is 19.5 Å². The number of aliphatic hydroxyl groups is 1. The predicted molar refractivity (Wildman–Crippen MR) is 129 cm³/mol. The summed E-state index contributed by atoms with van der Waals surface area (Å²) in [7, 11) is 1.68. The maximum atomic E-state index is 10.5. The lowest BCUT2D eigenvalue weighted by molar-refractivity contribution is 0.0606. The van der Waals surface area contributed by atoms with Crippen molar-refractivity contribution in [1.82, 2.24) is 14.7 Å².